The highest BCUT2D eigenvalue weighted by Gasteiger charge is 2.27. The van der Waals surface area contributed by atoms with Crippen LogP contribution in [0.4, 0.5) is 0 Å². The summed E-state index contributed by atoms with van der Waals surface area (Å²) in [6, 6.07) is 8.80. The molecule has 0 heterocycles. The first-order chi connectivity index (χ1) is 8.25. The highest BCUT2D eigenvalue weighted by molar-refractivity contribution is 7.94. The van der Waals surface area contributed by atoms with Gasteiger partial charge >= 0.3 is 0 Å². The first-order valence-electron chi connectivity index (χ1n) is 6.37. The molecule has 1 aliphatic rings. The number of hydrogen-bond acceptors (Lipinski definition) is 3. The minimum absolute atomic E-state index is 0.406. The molecular weight excluding hydrogens is 230 g/mol. The Morgan fingerprint density at radius 2 is 2.06 bits per heavy atom. The lowest BCUT2D eigenvalue weighted by Crippen LogP contribution is -2.22. The Morgan fingerprint density at radius 1 is 1.35 bits per heavy atom. The van der Waals surface area contributed by atoms with Gasteiger partial charge in [-0.2, -0.15) is 0 Å². The van der Waals surface area contributed by atoms with Gasteiger partial charge in [-0.25, -0.2) is 0 Å². The van der Waals surface area contributed by atoms with Crippen LogP contribution in [0.1, 0.15) is 31.2 Å². The minimum Gasteiger partial charge on any atom is -0.327 e. The highest BCUT2D eigenvalue weighted by Crippen LogP contribution is 2.33. The first-order valence-corrected chi connectivity index (χ1v) is 7.11. The molecule has 0 aliphatic heterocycles. The van der Waals surface area contributed by atoms with Crippen LogP contribution in [0.2, 0.25) is 0 Å². The van der Waals surface area contributed by atoms with Crippen LogP contribution in [0.5, 0.6) is 0 Å². The topological polar surface area (TPSA) is 35.2 Å². The molecule has 94 valence electrons. The standard InChI is InChI=1S/C14H21NOS/c1-11-4-8-13(9-5-11)17-16-10-2-3-14(15)12-6-7-12/h4-5,8-9,12,14H,2-3,6-7,10,15H2,1H3/t14-/m1/s1. The highest BCUT2D eigenvalue weighted by atomic mass is 32.2. The fraction of sp³-hybridized carbons (Fsp3) is 0.571. The van der Waals surface area contributed by atoms with E-state index in [2.05, 4.69) is 31.2 Å². The summed E-state index contributed by atoms with van der Waals surface area (Å²) in [5.41, 5.74) is 7.31. The maximum Gasteiger partial charge on any atom is 0.0619 e. The van der Waals surface area contributed by atoms with E-state index in [0.29, 0.717) is 6.04 Å². The van der Waals surface area contributed by atoms with Gasteiger partial charge < -0.3 is 9.92 Å². The lowest BCUT2D eigenvalue weighted by atomic mass is 10.1. The van der Waals surface area contributed by atoms with E-state index in [0.717, 1.165) is 25.4 Å². The van der Waals surface area contributed by atoms with Crippen molar-refractivity contribution in [3.05, 3.63) is 29.8 Å². The molecule has 1 fully saturated rings. The van der Waals surface area contributed by atoms with Crippen LogP contribution in [-0.2, 0) is 4.18 Å². The summed E-state index contributed by atoms with van der Waals surface area (Å²) in [6.45, 7) is 2.88. The first kappa shape index (κ1) is 12.9. The molecule has 1 aromatic carbocycles. The van der Waals surface area contributed by atoms with Gasteiger partial charge in [-0.3, -0.25) is 0 Å². The fourth-order valence-corrected chi connectivity index (χ4v) is 2.43. The van der Waals surface area contributed by atoms with Gasteiger partial charge in [-0.1, -0.05) is 17.7 Å². The second-order valence-electron chi connectivity index (χ2n) is 4.86. The normalized spacial score (nSPS) is 17.1. The Bertz CT molecular complexity index is 335. The minimum atomic E-state index is 0.406. The van der Waals surface area contributed by atoms with Gasteiger partial charge in [-0.15, -0.1) is 0 Å². The van der Waals surface area contributed by atoms with Crippen molar-refractivity contribution in [3.8, 4) is 0 Å². The van der Waals surface area contributed by atoms with Crippen molar-refractivity contribution in [2.75, 3.05) is 6.61 Å². The van der Waals surface area contributed by atoms with E-state index in [4.69, 9.17) is 9.92 Å². The lowest BCUT2D eigenvalue weighted by Gasteiger charge is -2.09. The van der Waals surface area contributed by atoms with E-state index in [1.807, 2.05) is 0 Å². The molecule has 17 heavy (non-hydrogen) atoms. The van der Waals surface area contributed by atoms with Crippen LogP contribution < -0.4 is 5.73 Å². The van der Waals surface area contributed by atoms with E-state index in [1.165, 1.54) is 35.3 Å². The summed E-state index contributed by atoms with van der Waals surface area (Å²) in [5.74, 6) is 0.805. The van der Waals surface area contributed by atoms with Crippen molar-refractivity contribution in [3.63, 3.8) is 0 Å². The third-order valence-corrected chi connectivity index (χ3v) is 3.92. The summed E-state index contributed by atoms with van der Waals surface area (Å²) in [4.78, 5) is 1.17. The van der Waals surface area contributed by atoms with E-state index < -0.39 is 0 Å². The van der Waals surface area contributed by atoms with Crippen LogP contribution in [-0.4, -0.2) is 12.6 Å². The van der Waals surface area contributed by atoms with Crippen LogP contribution in [0, 0.1) is 12.8 Å². The summed E-state index contributed by atoms with van der Waals surface area (Å²) in [5, 5.41) is 0. The molecule has 0 saturated heterocycles. The molecular formula is C14H21NOS. The number of nitrogens with two attached hydrogens (primary N) is 1. The van der Waals surface area contributed by atoms with Crippen molar-refractivity contribution in [2.24, 2.45) is 11.7 Å². The van der Waals surface area contributed by atoms with Gasteiger partial charge in [0.1, 0.15) is 0 Å². The van der Waals surface area contributed by atoms with Crippen molar-refractivity contribution < 1.29 is 4.18 Å². The Hall–Kier alpha value is -0.510. The molecule has 0 aromatic heterocycles. The Labute approximate surface area is 108 Å². The molecule has 0 unspecified atom stereocenters. The number of benzene rings is 1. The summed E-state index contributed by atoms with van der Waals surface area (Å²) in [6.07, 6.45) is 4.83. The molecule has 0 bridgehead atoms. The summed E-state index contributed by atoms with van der Waals surface area (Å²) < 4.78 is 5.57. The third-order valence-electron chi connectivity index (χ3n) is 3.17. The zero-order chi connectivity index (χ0) is 12.1. The van der Waals surface area contributed by atoms with Crippen molar-refractivity contribution in [2.45, 2.75) is 43.5 Å². The van der Waals surface area contributed by atoms with Crippen LogP contribution in [0.3, 0.4) is 0 Å². The van der Waals surface area contributed by atoms with Crippen LogP contribution in [0.25, 0.3) is 0 Å². The predicted octanol–water partition coefficient (Wildman–Crippen LogP) is 3.54. The Kier molecular flexibility index (Phi) is 4.89. The molecule has 1 atom stereocenters. The van der Waals surface area contributed by atoms with E-state index in [1.54, 1.807) is 0 Å². The number of aryl methyl sites for hydroxylation is 1. The van der Waals surface area contributed by atoms with E-state index >= 15 is 0 Å². The third kappa shape index (κ3) is 4.70. The molecule has 1 saturated carbocycles. The smallest absolute Gasteiger partial charge is 0.0619 e. The van der Waals surface area contributed by atoms with E-state index in [-0.39, 0.29) is 0 Å². The fourth-order valence-electron chi connectivity index (χ4n) is 1.84. The van der Waals surface area contributed by atoms with Gasteiger partial charge in [0.05, 0.1) is 6.61 Å². The number of hydrogen-bond donors (Lipinski definition) is 1. The predicted molar refractivity (Wildman–Crippen MR) is 72.9 cm³/mol. The SMILES string of the molecule is Cc1ccc(SOCCC[C@@H](N)C2CC2)cc1. The second kappa shape index (κ2) is 6.43. The molecule has 0 spiro atoms. The Morgan fingerprint density at radius 3 is 2.71 bits per heavy atom. The zero-order valence-corrected chi connectivity index (χ0v) is 11.2. The summed E-state index contributed by atoms with van der Waals surface area (Å²) in [7, 11) is 0. The molecule has 0 radical (unpaired) electrons. The van der Waals surface area contributed by atoms with Gasteiger partial charge in [-0.05, 0) is 50.7 Å². The average Bonchev–Trinajstić information content (AvgIpc) is 3.15. The van der Waals surface area contributed by atoms with Gasteiger partial charge in [0.2, 0.25) is 0 Å². The zero-order valence-electron chi connectivity index (χ0n) is 10.4. The maximum atomic E-state index is 6.03. The van der Waals surface area contributed by atoms with E-state index in [9.17, 15) is 0 Å². The number of rotatable bonds is 7. The largest absolute Gasteiger partial charge is 0.327 e. The monoisotopic (exact) mass is 251 g/mol. The molecule has 2 N–H and O–H groups in total. The molecule has 2 rings (SSSR count). The lowest BCUT2D eigenvalue weighted by molar-refractivity contribution is 0.345. The molecule has 1 aliphatic carbocycles. The van der Waals surface area contributed by atoms with Crippen LogP contribution >= 0.6 is 12.0 Å². The van der Waals surface area contributed by atoms with Gasteiger partial charge in [0.25, 0.3) is 0 Å². The van der Waals surface area contributed by atoms with Crippen molar-refractivity contribution >= 4 is 12.0 Å². The Balaban J connectivity index is 1.55. The van der Waals surface area contributed by atoms with Gasteiger partial charge in [0, 0.05) is 23.0 Å². The molecule has 0 amide bonds. The van der Waals surface area contributed by atoms with Crippen molar-refractivity contribution in [1.82, 2.24) is 0 Å². The average molecular weight is 251 g/mol. The second-order valence-corrected chi connectivity index (χ2v) is 5.74. The van der Waals surface area contributed by atoms with Crippen LogP contribution in [0.15, 0.2) is 29.2 Å². The maximum absolute atomic E-state index is 6.03. The molecule has 2 nitrogen and oxygen atoms in total. The summed E-state index contributed by atoms with van der Waals surface area (Å²) >= 11 is 1.46. The molecule has 3 heteroatoms. The van der Waals surface area contributed by atoms with Crippen molar-refractivity contribution in [1.29, 1.82) is 0 Å². The van der Waals surface area contributed by atoms with Gasteiger partial charge in [0.15, 0.2) is 0 Å². The molecule has 1 aromatic rings. The quantitative estimate of drug-likeness (QED) is 0.594.